The number of hydrogen-bond donors (Lipinski definition) is 1. The van der Waals surface area contributed by atoms with Crippen LogP contribution in [0.3, 0.4) is 0 Å². The SMILES string of the molecule is COc1cc2cc(-c3ccccc3NC(=O)N(C)C)nc(C)c2cc1OC. The van der Waals surface area contributed by atoms with E-state index < -0.39 is 0 Å². The standard InChI is InChI=1S/C21H23N3O3/c1-13-16-12-20(27-5)19(26-4)11-14(16)10-18(22-13)15-8-6-7-9-17(15)23-21(25)24(2)3/h6-12H,1-5H3,(H,23,25). The number of carbonyl (C=O) groups is 1. The number of methoxy groups -OCH3 is 2. The van der Waals surface area contributed by atoms with Crippen molar-refractivity contribution in [2.75, 3.05) is 33.6 Å². The number of anilines is 1. The van der Waals surface area contributed by atoms with Crippen LogP contribution >= 0.6 is 0 Å². The quantitative estimate of drug-likeness (QED) is 0.748. The molecule has 140 valence electrons. The van der Waals surface area contributed by atoms with E-state index >= 15 is 0 Å². The van der Waals surface area contributed by atoms with Crippen molar-refractivity contribution in [1.82, 2.24) is 9.88 Å². The lowest BCUT2D eigenvalue weighted by atomic mass is 10.0. The monoisotopic (exact) mass is 365 g/mol. The maximum atomic E-state index is 12.1. The van der Waals surface area contributed by atoms with Gasteiger partial charge in [0.2, 0.25) is 0 Å². The third-order valence-corrected chi connectivity index (χ3v) is 4.38. The molecule has 0 aliphatic heterocycles. The van der Waals surface area contributed by atoms with Crippen molar-refractivity contribution in [2.24, 2.45) is 0 Å². The lowest BCUT2D eigenvalue weighted by Gasteiger charge is -2.16. The molecule has 0 fully saturated rings. The molecule has 0 atom stereocenters. The fraction of sp³-hybridized carbons (Fsp3) is 0.238. The summed E-state index contributed by atoms with van der Waals surface area (Å²) >= 11 is 0. The van der Waals surface area contributed by atoms with Crippen molar-refractivity contribution in [1.29, 1.82) is 0 Å². The van der Waals surface area contributed by atoms with E-state index in [1.54, 1.807) is 28.3 Å². The molecular formula is C21H23N3O3. The van der Waals surface area contributed by atoms with Gasteiger partial charge in [0.15, 0.2) is 11.5 Å². The van der Waals surface area contributed by atoms with Crippen LogP contribution < -0.4 is 14.8 Å². The number of aryl methyl sites for hydroxylation is 1. The van der Waals surface area contributed by atoms with E-state index in [0.717, 1.165) is 27.7 Å². The highest BCUT2D eigenvalue weighted by Gasteiger charge is 2.14. The van der Waals surface area contributed by atoms with Crippen LogP contribution in [0.4, 0.5) is 10.5 Å². The highest BCUT2D eigenvalue weighted by Crippen LogP contribution is 2.36. The van der Waals surface area contributed by atoms with E-state index in [4.69, 9.17) is 14.5 Å². The largest absolute Gasteiger partial charge is 0.493 e. The first-order valence-electron chi connectivity index (χ1n) is 8.55. The third-order valence-electron chi connectivity index (χ3n) is 4.38. The summed E-state index contributed by atoms with van der Waals surface area (Å²) in [5.74, 6) is 1.33. The number of ether oxygens (including phenoxy) is 2. The van der Waals surface area contributed by atoms with Gasteiger partial charge in [0, 0.05) is 30.7 Å². The maximum Gasteiger partial charge on any atom is 0.321 e. The number of nitrogens with one attached hydrogen (secondary N) is 1. The van der Waals surface area contributed by atoms with Gasteiger partial charge in [-0.2, -0.15) is 0 Å². The zero-order chi connectivity index (χ0) is 19.6. The summed E-state index contributed by atoms with van der Waals surface area (Å²) in [6, 6.07) is 13.3. The molecule has 2 aromatic carbocycles. The number of para-hydroxylation sites is 1. The molecule has 1 N–H and O–H groups in total. The molecule has 0 aliphatic carbocycles. The van der Waals surface area contributed by atoms with Gasteiger partial charge in [-0.15, -0.1) is 0 Å². The average molecular weight is 365 g/mol. The van der Waals surface area contributed by atoms with E-state index in [-0.39, 0.29) is 6.03 Å². The van der Waals surface area contributed by atoms with Gasteiger partial charge in [-0.25, -0.2) is 4.79 Å². The number of nitrogens with zero attached hydrogens (tertiary/aromatic N) is 2. The van der Waals surface area contributed by atoms with Crippen LogP contribution in [0.5, 0.6) is 11.5 Å². The summed E-state index contributed by atoms with van der Waals surface area (Å²) < 4.78 is 10.8. The molecule has 1 aromatic heterocycles. The second-order valence-corrected chi connectivity index (χ2v) is 6.39. The van der Waals surface area contributed by atoms with Gasteiger partial charge in [0.25, 0.3) is 0 Å². The van der Waals surface area contributed by atoms with Crippen LogP contribution in [-0.2, 0) is 0 Å². The summed E-state index contributed by atoms with van der Waals surface area (Å²) in [6.07, 6.45) is 0. The molecule has 6 nitrogen and oxygen atoms in total. The zero-order valence-corrected chi connectivity index (χ0v) is 16.2. The number of rotatable bonds is 4. The molecule has 27 heavy (non-hydrogen) atoms. The number of urea groups is 1. The summed E-state index contributed by atoms with van der Waals surface area (Å²) in [5, 5.41) is 4.90. The van der Waals surface area contributed by atoms with E-state index in [1.807, 2.05) is 49.4 Å². The smallest absolute Gasteiger partial charge is 0.321 e. The van der Waals surface area contributed by atoms with Crippen LogP contribution in [0.25, 0.3) is 22.0 Å². The minimum absolute atomic E-state index is 0.189. The van der Waals surface area contributed by atoms with E-state index in [0.29, 0.717) is 17.2 Å². The van der Waals surface area contributed by atoms with E-state index in [2.05, 4.69) is 5.32 Å². The lowest BCUT2D eigenvalue weighted by molar-refractivity contribution is 0.230. The fourth-order valence-corrected chi connectivity index (χ4v) is 2.93. The minimum Gasteiger partial charge on any atom is -0.493 e. The highest BCUT2D eigenvalue weighted by molar-refractivity contribution is 5.96. The molecule has 3 aromatic rings. The summed E-state index contributed by atoms with van der Waals surface area (Å²) in [7, 11) is 6.64. The van der Waals surface area contributed by atoms with E-state index in [9.17, 15) is 4.79 Å². The van der Waals surface area contributed by atoms with Crippen molar-refractivity contribution in [3.8, 4) is 22.8 Å². The Morgan fingerprint density at radius 1 is 1.04 bits per heavy atom. The van der Waals surface area contributed by atoms with Crippen molar-refractivity contribution in [3.05, 3.63) is 48.2 Å². The number of fused-ring (bicyclic) bond motifs is 1. The lowest BCUT2D eigenvalue weighted by Crippen LogP contribution is -2.27. The minimum atomic E-state index is -0.189. The van der Waals surface area contributed by atoms with Crippen LogP contribution in [0.2, 0.25) is 0 Å². The summed E-state index contributed by atoms with van der Waals surface area (Å²) in [4.78, 5) is 18.3. The molecule has 6 heteroatoms. The number of aromatic nitrogens is 1. The molecule has 1 heterocycles. The Labute approximate surface area is 158 Å². The van der Waals surface area contributed by atoms with Gasteiger partial charge in [0.1, 0.15) is 0 Å². The Morgan fingerprint density at radius 3 is 2.37 bits per heavy atom. The Kier molecular flexibility index (Phi) is 5.16. The molecule has 0 aliphatic rings. The van der Waals surface area contributed by atoms with Crippen LogP contribution in [0.15, 0.2) is 42.5 Å². The molecule has 3 rings (SSSR count). The van der Waals surface area contributed by atoms with Crippen molar-refractivity contribution in [3.63, 3.8) is 0 Å². The Bertz CT molecular complexity index is 999. The Hall–Kier alpha value is -3.28. The molecular weight excluding hydrogens is 342 g/mol. The molecule has 2 amide bonds. The number of pyridine rings is 1. The van der Waals surface area contributed by atoms with Gasteiger partial charge >= 0.3 is 6.03 Å². The molecule has 0 radical (unpaired) electrons. The normalized spacial score (nSPS) is 10.6. The maximum absolute atomic E-state index is 12.1. The number of hydrogen-bond acceptors (Lipinski definition) is 4. The fourth-order valence-electron chi connectivity index (χ4n) is 2.93. The molecule has 0 spiro atoms. The Balaban J connectivity index is 2.14. The van der Waals surface area contributed by atoms with Gasteiger partial charge < -0.3 is 19.7 Å². The summed E-state index contributed by atoms with van der Waals surface area (Å²) in [5.41, 5.74) is 3.22. The molecule has 0 unspecified atom stereocenters. The predicted molar refractivity (Wildman–Crippen MR) is 108 cm³/mol. The first kappa shape index (κ1) is 18.5. The van der Waals surface area contributed by atoms with Crippen molar-refractivity contribution in [2.45, 2.75) is 6.92 Å². The van der Waals surface area contributed by atoms with Crippen molar-refractivity contribution >= 4 is 22.5 Å². The topological polar surface area (TPSA) is 63.7 Å². The van der Waals surface area contributed by atoms with E-state index in [1.165, 1.54) is 4.90 Å². The number of benzene rings is 2. The third kappa shape index (κ3) is 3.65. The zero-order valence-electron chi connectivity index (χ0n) is 16.2. The van der Waals surface area contributed by atoms with Gasteiger partial charge in [-0.3, -0.25) is 4.98 Å². The second-order valence-electron chi connectivity index (χ2n) is 6.39. The van der Waals surface area contributed by atoms with Gasteiger partial charge in [-0.05, 0) is 36.6 Å². The summed E-state index contributed by atoms with van der Waals surface area (Å²) in [6.45, 7) is 1.96. The van der Waals surface area contributed by atoms with Crippen LogP contribution in [0, 0.1) is 6.92 Å². The van der Waals surface area contributed by atoms with Gasteiger partial charge in [-0.1, -0.05) is 18.2 Å². The van der Waals surface area contributed by atoms with Crippen LogP contribution in [-0.4, -0.2) is 44.2 Å². The number of carbonyl (C=O) groups excluding carboxylic acids is 1. The number of amides is 2. The highest BCUT2D eigenvalue weighted by atomic mass is 16.5. The average Bonchev–Trinajstić information content (AvgIpc) is 2.67. The first-order chi connectivity index (χ1) is 12.9. The predicted octanol–water partition coefficient (Wildman–Crippen LogP) is 4.32. The molecule has 0 saturated heterocycles. The van der Waals surface area contributed by atoms with Crippen molar-refractivity contribution < 1.29 is 14.3 Å². The first-order valence-corrected chi connectivity index (χ1v) is 8.55. The molecule has 0 saturated carbocycles. The Morgan fingerprint density at radius 2 is 1.70 bits per heavy atom. The van der Waals surface area contributed by atoms with Crippen LogP contribution in [0.1, 0.15) is 5.69 Å². The van der Waals surface area contributed by atoms with Gasteiger partial charge in [0.05, 0.1) is 25.6 Å². The molecule has 0 bridgehead atoms. The second kappa shape index (κ2) is 7.53.